The number of nitrogens with one attached hydrogen (secondary N) is 1. The van der Waals surface area contributed by atoms with Gasteiger partial charge in [0.25, 0.3) is 0 Å². The van der Waals surface area contributed by atoms with Crippen molar-refractivity contribution in [3.63, 3.8) is 0 Å². The van der Waals surface area contributed by atoms with Crippen molar-refractivity contribution in [2.24, 2.45) is 0 Å². The molecule has 2 rings (SSSR count). The van der Waals surface area contributed by atoms with E-state index in [0.717, 1.165) is 24.0 Å². The van der Waals surface area contributed by atoms with Crippen LogP contribution in [-0.2, 0) is 10.0 Å². The lowest BCUT2D eigenvalue weighted by Gasteiger charge is -2.26. The van der Waals surface area contributed by atoms with Crippen molar-refractivity contribution in [3.8, 4) is 0 Å². The number of fused-ring (bicyclic) bond motifs is 1. The lowest BCUT2D eigenvalue weighted by Crippen LogP contribution is -2.42. The summed E-state index contributed by atoms with van der Waals surface area (Å²) in [6.07, 6.45) is 1.69. The average Bonchev–Trinajstić information content (AvgIpc) is 2.53. The van der Waals surface area contributed by atoms with E-state index in [-0.39, 0.29) is 10.9 Å². The maximum absolute atomic E-state index is 12.7. The minimum Gasteiger partial charge on any atom is -0.300 e. The molecular weight excluding hydrogens is 310 g/mol. The van der Waals surface area contributed by atoms with Crippen molar-refractivity contribution in [3.05, 3.63) is 36.0 Å². The number of aryl methyl sites for hydroxylation is 1. The third kappa shape index (κ3) is 4.07. The number of aromatic nitrogens is 1. The van der Waals surface area contributed by atoms with Gasteiger partial charge < -0.3 is 0 Å². The van der Waals surface area contributed by atoms with Crippen molar-refractivity contribution in [1.82, 2.24) is 14.6 Å². The predicted octanol–water partition coefficient (Wildman–Crippen LogP) is 2.55. The molecular formula is C17H25N3O2S. The second-order valence-corrected chi connectivity index (χ2v) is 7.50. The first kappa shape index (κ1) is 17.8. The second-order valence-electron chi connectivity index (χ2n) is 5.76. The largest absolute Gasteiger partial charge is 0.300 e. The highest BCUT2D eigenvalue weighted by Gasteiger charge is 2.20. The number of sulfonamides is 1. The van der Waals surface area contributed by atoms with Gasteiger partial charge in [-0.05, 0) is 44.6 Å². The molecule has 1 aromatic carbocycles. The summed E-state index contributed by atoms with van der Waals surface area (Å²) in [5.74, 6) is 0. The summed E-state index contributed by atoms with van der Waals surface area (Å²) in [7, 11) is -3.58. The van der Waals surface area contributed by atoms with Crippen LogP contribution >= 0.6 is 0 Å². The van der Waals surface area contributed by atoms with E-state index >= 15 is 0 Å². The molecule has 0 aliphatic heterocycles. The van der Waals surface area contributed by atoms with Crippen LogP contribution in [0.1, 0.15) is 26.3 Å². The van der Waals surface area contributed by atoms with Crippen molar-refractivity contribution in [1.29, 1.82) is 0 Å². The number of para-hydroxylation sites is 1. The molecule has 1 aromatic heterocycles. The van der Waals surface area contributed by atoms with Crippen molar-refractivity contribution < 1.29 is 8.42 Å². The number of nitrogens with zero attached hydrogens (tertiary/aromatic N) is 2. The Morgan fingerprint density at radius 3 is 2.61 bits per heavy atom. The highest BCUT2D eigenvalue weighted by atomic mass is 32.2. The number of benzene rings is 1. The van der Waals surface area contributed by atoms with E-state index in [2.05, 4.69) is 28.5 Å². The molecule has 5 nitrogen and oxygen atoms in total. The van der Waals surface area contributed by atoms with Gasteiger partial charge in [-0.15, -0.1) is 0 Å². The van der Waals surface area contributed by atoms with Gasteiger partial charge in [-0.2, -0.15) is 0 Å². The molecule has 0 radical (unpaired) electrons. The molecule has 0 spiro atoms. The Bertz CT molecular complexity index is 771. The third-order valence-corrected chi connectivity index (χ3v) is 5.56. The van der Waals surface area contributed by atoms with Gasteiger partial charge in [0.2, 0.25) is 10.0 Å². The number of hydrogen-bond donors (Lipinski definition) is 1. The predicted molar refractivity (Wildman–Crippen MR) is 94.1 cm³/mol. The normalized spacial score (nSPS) is 13.6. The zero-order valence-corrected chi connectivity index (χ0v) is 15.0. The molecule has 0 amide bonds. The van der Waals surface area contributed by atoms with Gasteiger partial charge in [0.05, 0.1) is 5.52 Å². The van der Waals surface area contributed by atoms with Gasteiger partial charge in [-0.3, -0.25) is 9.88 Å². The highest BCUT2D eigenvalue weighted by Crippen LogP contribution is 2.21. The Balaban J connectivity index is 2.27. The van der Waals surface area contributed by atoms with Crippen molar-refractivity contribution in [2.45, 2.75) is 38.6 Å². The van der Waals surface area contributed by atoms with Gasteiger partial charge in [0.1, 0.15) is 4.90 Å². The maximum Gasteiger partial charge on any atom is 0.242 e. The summed E-state index contributed by atoms with van der Waals surface area (Å²) < 4.78 is 28.1. The van der Waals surface area contributed by atoms with Crippen LogP contribution in [-0.4, -0.2) is 44.0 Å². The molecule has 2 aromatic rings. The molecule has 1 atom stereocenters. The van der Waals surface area contributed by atoms with Gasteiger partial charge in [-0.1, -0.05) is 26.0 Å². The Hall–Kier alpha value is -1.50. The number of hydrogen-bond acceptors (Lipinski definition) is 4. The Morgan fingerprint density at radius 2 is 1.96 bits per heavy atom. The molecule has 0 saturated heterocycles. The van der Waals surface area contributed by atoms with Crippen LogP contribution in [0, 0.1) is 6.92 Å². The molecule has 126 valence electrons. The van der Waals surface area contributed by atoms with Gasteiger partial charge in [-0.25, -0.2) is 13.1 Å². The molecule has 23 heavy (non-hydrogen) atoms. The molecule has 0 aliphatic rings. The van der Waals surface area contributed by atoms with Crippen LogP contribution in [0.3, 0.4) is 0 Å². The van der Waals surface area contributed by atoms with E-state index in [4.69, 9.17) is 0 Å². The van der Waals surface area contributed by atoms with Crippen LogP contribution in [0.15, 0.2) is 35.4 Å². The van der Waals surface area contributed by atoms with E-state index in [0.29, 0.717) is 12.1 Å². The smallest absolute Gasteiger partial charge is 0.242 e. The fourth-order valence-corrected chi connectivity index (χ4v) is 4.04. The quantitative estimate of drug-likeness (QED) is 0.845. The molecule has 0 saturated carbocycles. The monoisotopic (exact) mass is 335 g/mol. The molecule has 0 bridgehead atoms. The van der Waals surface area contributed by atoms with E-state index < -0.39 is 10.0 Å². The van der Waals surface area contributed by atoms with E-state index in [1.165, 1.54) is 0 Å². The molecule has 6 heteroatoms. The summed E-state index contributed by atoms with van der Waals surface area (Å²) in [5, 5.41) is 0.838. The fourth-order valence-electron chi connectivity index (χ4n) is 2.74. The van der Waals surface area contributed by atoms with Crippen molar-refractivity contribution in [2.75, 3.05) is 19.6 Å². The van der Waals surface area contributed by atoms with Gasteiger partial charge in [0, 0.05) is 24.2 Å². The number of likely N-dealkylation sites (N-methyl/N-ethyl adjacent to an activating group) is 1. The minimum atomic E-state index is -3.58. The molecule has 0 fully saturated rings. The van der Waals surface area contributed by atoms with E-state index in [1.807, 2.05) is 26.0 Å². The zero-order chi connectivity index (χ0) is 17.0. The fraction of sp³-hybridized carbons (Fsp3) is 0.471. The summed E-state index contributed by atoms with van der Waals surface area (Å²) in [5.41, 5.74) is 1.52. The Morgan fingerprint density at radius 1 is 1.26 bits per heavy atom. The van der Waals surface area contributed by atoms with E-state index in [9.17, 15) is 8.42 Å². The summed E-state index contributed by atoms with van der Waals surface area (Å²) in [6, 6.07) is 7.33. The zero-order valence-electron chi connectivity index (χ0n) is 14.2. The van der Waals surface area contributed by atoms with Crippen LogP contribution in [0.2, 0.25) is 0 Å². The Labute approximate surface area is 138 Å². The maximum atomic E-state index is 12.7. The molecule has 0 aliphatic carbocycles. The number of rotatable bonds is 7. The molecule has 1 unspecified atom stereocenters. The lowest BCUT2D eigenvalue weighted by molar-refractivity contribution is 0.232. The van der Waals surface area contributed by atoms with Crippen molar-refractivity contribution >= 4 is 20.9 Å². The molecule has 1 N–H and O–H groups in total. The van der Waals surface area contributed by atoms with Crippen LogP contribution in [0.25, 0.3) is 10.9 Å². The lowest BCUT2D eigenvalue weighted by atomic mass is 10.2. The minimum absolute atomic E-state index is 0.143. The standard InChI is InChI=1S/C17H25N3O2S/c1-5-20(6-2)14(4)12-19-23(21,22)16-9-7-8-15-10-13(3)11-18-17(15)16/h7-11,14,19H,5-6,12H2,1-4H3. The topological polar surface area (TPSA) is 62.3 Å². The first-order valence-electron chi connectivity index (χ1n) is 7.98. The second kappa shape index (κ2) is 7.38. The first-order valence-corrected chi connectivity index (χ1v) is 9.46. The third-order valence-electron chi connectivity index (χ3n) is 4.10. The summed E-state index contributed by atoms with van der Waals surface area (Å²) in [6.45, 7) is 10.3. The van der Waals surface area contributed by atoms with Crippen LogP contribution in [0.5, 0.6) is 0 Å². The Kier molecular flexibility index (Phi) is 5.73. The summed E-state index contributed by atoms with van der Waals surface area (Å²) in [4.78, 5) is 6.77. The highest BCUT2D eigenvalue weighted by molar-refractivity contribution is 7.89. The average molecular weight is 335 g/mol. The van der Waals surface area contributed by atoms with Gasteiger partial charge in [0.15, 0.2) is 0 Å². The van der Waals surface area contributed by atoms with Crippen LogP contribution in [0.4, 0.5) is 0 Å². The SMILES string of the molecule is CCN(CC)C(C)CNS(=O)(=O)c1cccc2cc(C)cnc12. The summed E-state index contributed by atoms with van der Waals surface area (Å²) >= 11 is 0. The molecule has 1 heterocycles. The van der Waals surface area contributed by atoms with Crippen LogP contribution < -0.4 is 4.72 Å². The van der Waals surface area contributed by atoms with Gasteiger partial charge >= 0.3 is 0 Å². The van der Waals surface area contributed by atoms with E-state index in [1.54, 1.807) is 18.3 Å². The number of pyridine rings is 1. The first-order chi connectivity index (χ1) is 10.9.